The molecule has 3 aromatic heterocycles. The third kappa shape index (κ3) is 5.80. The van der Waals surface area contributed by atoms with E-state index in [1.165, 1.54) is 0 Å². The van der Waals surface area contributed by atoms with Gasteiger partial charge in [0.25, 0.3) is 0 Å². The number of piperazine rings is 1. The Morgan fingerprint density at radius 3 is 2.43 bits per heavy atom. The van der Waals surface area contributed by atoms with Crippen LogP contribution in [0.3, 0.4) is 0 Å². The van der Waals surface area contributed by atoms with Crippen LogP contribution in [0.25, 0.3) is 22.0 Å². The van der Waals surface area contributed by atoms with E-state index in [2.05, 4.69) is 38.4 Å². The molecule has 8 heteroatoms. The number of nitrogens with zero attached hydrogens (tertiary/aromatic N) is 5. The standard InChI is InChI=1S/C29H32N6O2/c1-20-9-11-30-24(17-20)32-25-18-21-7-5-6-8-23(21)27(33-25)22-10-12-31-26(19-22)34-13-15-35(16-14-34)28(36)37-29(2,3)4/h5-12,17-19H,13-16H2,1-4H3,(H,30,32,33). The second-order valence-corrected chi connectivity index (χ2v) is 10.3. The van der Waals surface area contributed by atoms with Gasteiger partial charge in [0.05, 0.1) is 5.69 Å². The number of aryl methyl sites for hydroxylation is 1. The molecule has 1 aliphatic heterocycles. The second-order valence-electron chi connectivity index (χ2n) is 10.3. The minimum atomic E-state index is -0.501. The molecule has 1 amide bonds. The average Bonchev–Trinajstić information content (AvgIpc) is 2.87. The van der Waals surface area contributed by atoms with Gasteiger partial charge in [0, 0.05) is 49.5 Å². The number of hydrogen-bond acceptors (Lipinski definition) is 7. The highest BCUT2D eigenvalue weighted by Gasteiger charge is 2.26. The maximum Gasteiger partial charge on any atom is 0.410 e. The molecule has 190 valence electrons. The Kier molecular flexibility index (Phi) is 6.65. The number of carbonyl (C=O) groups is 1. The Morgan fingerprint density at radius 1 is 0.919 bits per heavy atom. The molecule has 5 rings (SSSR count). The van der Waals surface area contributed by atoms with Crippen LogP contribution in [0.2, 0.25) is 0 Å². The molecular weight excluding hydrogens is 464 g/mol. The normalized spacial score (nSPS) is 14.1. The summed E-state index contributed by atoms with van der Waals surface area (Å²) in [5.41, 5.74) is 2.49. The number of carbonyl (C=O) groups excluding carboxylic acids is 1. The van der Waals surface area contributed by atoms with Gasteiger partial charge in [-0.3, -0.25) is 0 Å². The van der Waals surface area contributed by atoms with Crippen LogP contribution >= 0.6 is 0 Å². The molecule has 0 bridgehead atoms. The average molecular weight is 497 g/mol. The zero-order valence-corrected chi connectivity index (χ0v) is 21.7. The summed E-state index contributed by atoms with van der Waals surface area (Å²) in [6.07, 6.45) is 3.35. The van der Waals surface area contributed by atoms with E-state index in [-0.39, 0.29) is 6.09 Å². The van der Waals surface area contributed by atoms with E-state index in [1.807, 2.05) is 70.3 Å². The van der Waals surface area contributed by atoms with Crippen LogP contribution in [0.4, 0.5) is 22.2 Å². The molecule has 4 aromatic rings. The van der Waals surface area contributed by atoms with Crippen molar-refractivity contribution in [1.82, 2.24) is 19.9 Å². The van der Waals surface area contributed by atoms with Gasteiger partial charge in [-0.2, -0.15) is 0 Å². The van der Waals surface area contributed by atoms with Gasteiger partial charge in [0.1, 0.15) is 23.1 Å². The first-order valence-electron chi connectivity index (χ1n) is 12.5. The third-order valence-electron chi connectivity index (χ3n) is 6.19. The summed E-state index contributed by atoms with van der Waals surface area (Å²) >= 11 is 0. The molecule has 1 aliphatic rings. The number of benzene rings is 1. The molecule has 0 saturated carbocycles. The van der Waals surface area contributed by atoms with E-state index >= 15 is 0 Å². The van der Waals surface area contributed by atoms with Crippen LogP contribution in [-0.4, -0.2) is 57.7 Å². The molecule has 0 radical (unpaired) electrons. The molecule has 37 heavy (non-hydrogen) atoms. The Balaban J connectivity index is 1.40. The fraction of sp³-hybridized carbons (Fsp3) is 0.310. The van der Waals surface area contributed by atoms with E-state index in [0.717, 1.165) is 45.0 Å². The topological polar surface area (TPSA) is 83.5 Å². The predicted molar refractivity (Wildman–Crippen MR) is 147 cm³/mol. The predicted octanol–water partition coefficient (Wildman–Crippen LogP) is 5.80. The largest absolute Gasteiger partial charge is 0.444 e. The summed E-state index contributed by atoms with van der Waals surface area (Å²) in [6, 6.07) is 18.3. The number of nitrogens with one attached hydrogen (secondary N) is 1. The summed E-state index contributed by atoms with van der Waals surface area (Å²) in [5.74, 6) is 2.36. The summed E-state index contributed by atoms with van der Waals surface area (Å²) in [5, 5.41) is 5.52. The van der Waals surface area contributed by atoms with Crippen molar-refractivity contribution in [3.05, 3.63) is 72.6 Å². The molecule has 0 spiro atoms. The van der Waals surface area contributed by atoms with Gasteiger partial charge in [0.2, 0.25) is 0 Å². The van der Waals surface area contributed by atoms with Gasteiger partial charge < -0.3 is 19.9 Å². The Labute approximate surface area is 217 Å². The molecular formula is C29H32N6O2. The summed E-state index contributed by atoms with van der Waals surface area (Å²) < 4.78 is 5.53. The van der Waals surface area contributed by atoms with Crippen molar-refractivity contribution in [2.24, 2.45) is 0 Å². The van der Waals surface area contributed by atoms with E-state index in [4.69, 9.17) is 9.72 Å². The number of ether oxygens (including phenoxy) is 1. The number of fused-ring (bicyclic) bond motifs is 1. The molecule has 4 heterocycles. The highest BCUT2D eigenvalue weighted by molar-refractivity contribution is 5.96. The summed E-state index contributed by atoms with van der Waals surface area (Å²) in [6.45, 7) is 10.2. The number of anilines is 3. The number of rotatable bonds is 4. The summed E-state index contributed by atoms with van der Waals surface area (Å²) in [4.78, 5) is 30.5. The van der Waals surface area contributed by atoms with E-state index in [1.54, 1.807) is 11.1 Å². The molecule has 1 N–H and O–H groups in total. The van der Waals surface area contributed by atoms with Crippen LogP contribution in [0, 0.1) is 6.92 Å². The quantitative estimate of drug-likeness (QED) is 0.382. The van der Waals surface area contributed by atoms with Gasteiger partial charge >= 0.3 is 6.09 Å². The lowest BCUT2D eigenvalue weighted by molar-refractivity contribution is 0.0240. The van der Waals surface area contributed by atoms with Crippen LogP contribution in [0.15, 0.2) is 67.0 Å². The van der Waals surface area contributed by atoms with E-state index < -0.39 is 5.60 Å². The van der Waals surface area contributed by atoms with Gasteiger partial charge in [-0.15, -0.1) is 0 Å². The van der Waals surface area contributed by atoms with Crippen molar-refractivity contribution in [3.8, 4) is 11.3 Å². The minimum absolute atomic E-state index is 0.267. The zero-order valence-electron chi connectivity index (χ0n) is 21.7. The fourth-order valence-electron chi connectivity index (χ4n) is 4.40. The molecule has 0 aliphatic carbocycles. The first-order valence-corrected chi connectivity index (χ1v) is 12.5. The highest BCUT2D eigenvalue weighted by atomic mass is 16.6. The monoisotopic (exact) mass is 496 g/mol. The van der Waals surface area contributed by atoms with Crippen molar-refractivity contribution in [2.45, 2.75) is 33.3 Å². The van der Waals surface area contributed by atoms with Crippen molar-refractivity contribution >= 4 is 34.3 Å². The first-order chi connectivity index (χ1) is 17.7. The molecule has 1 saturated heterocycles. The molecule has 1 fully saturated rings. The maximum absolute atomic E-state index is 12.5. The Hall–Kier alpha value is -4.20. The maximum atomic E-state index is 12.5. The van der Waals surface area contributed by atoms with Crippen LogP contribution in [0.5, 0.6) is 0 Å². The minimum Gasteiger partial charge on any atom is -0.444 e. The fourth-order valence-corrected chi connectivity index (χ4v) is 4.40. The molecule has 0 atom stereocenters. The number of hydrogen-bond donors (Lipinski definition) is 1. The third-order valence-corrected chi connectivity index (χ3v) is 6.19. The van der Waals surface area contributed by atoms with Crippen LogP contribution in [-0.2, 0) is 4.74 Å². The lowest BCUT2D eigenvalue weighted by Gasteiger charge is -2.36. The Bertz CT molecular complexity index is 1420. The van der Waals surface area contributed by atoms with Gasteiger partial charge in [-0.05, 0) is 69.0 Å². The van der Waals surface area contributed by atoms with Crippen molar-refractivity contribution in [3.63, 3.8) is 0 Å². The second kappa shape index (κ2) is 10.0. The molecule has 0 unspecified atom stereocenters. The van der Waals surface area contributed by atoms with E-state index in [0.29, 0.717) is 26.2 Å². The SMILES string of the molecule is Cc1ccnc(Nc2cc3ccccc3c(-c3ccnc(N4CCN(C(=O)OC(C)(C)C)CC4)c3)n2)c1. The van der Waals surface area contributed by atoms with E-state index in [9.17, 15) is 4.79 Å². The van der Waals surface area contributed by atoms with Crippen molar-refractivity contribution < 1.29 is 9.53 Å². The van der Waals surface area contributed by atoms with Gasteiger partial charge in [-0.1, -0.05) is 24.3 Å². The van der Waals surface area contributed by atoms with Crippen LogP contribution < -0.4 is 10.2 Å². The van der Waals surface area contributed by atoms with Gasteiger partial charge in [0.15, 0.2) is 0 Å². The Morgan fingerprint density at radius 2 is 1.68 bits per heavy atom. The van der Waals surface area contributed by atoms with Crippen molar-refractivity contribution in [2.75, 3.05) is 36.4 Å². The van der Waals surface area contributed by atoms with Crippen LogP contribution in [0.1, 0.15) is 26.3 Å². The number of pyridine rings is 3. The zero-order chi connectivity index (χ0) is 26.0. The number of amides is 1. The summed E-state index contributed by atoms with van der Waals surface area (Å²) in [7, 11) is 0. The molecule has 1 aromatic carbocycles. The molecule has 8 nitrogen and oxygen atoms in total. The highest BCUT2D eigenvalue weighted by Crippen LogP contribution is 2.31. The van der Waals surface area contributed by atoms with Crippen molar-refractivity contribution in [1.29, 1.82) is 0 Å². The smallest absolute Gasteiger partial charge is 0.410 e. The lowest BCUT2D eigenvalue weighted by atomic mass is 10.0. The number of aromatic nitrogens is 3. The lowest BCUT2D eigenvalue weighted by Crippen LogP contribution is -2.50. The first kappa shape index (κ1) is 24.5. The van der Waals surface area contributed by atoms with Gasteiger partial charge in [-0.25, -0.2) is 19.7 Å².